The molecule has 0 saturated carbocycles. The van der Waals surface area contributed by atoms with Gasteiger partial charge in [0.05, 0.1) is 0 Å². The Hall–Kier alpha value is -0.770. The lowest BCUT2D eigenvalue weighted by Crippen LogP contribution is -2.44. The number of hydrogen-bond acceptors (Lipinski definition) is 2. The van der Waals surface area contributed by atoms with Crippen LogP contribution in [-0.4, -0.2) is 31.7 Å². The largest absolute Gasteiger partial charge is 0.340 e. The van der Waals surface area contributed by atoms with Gasteiger partial charge in [0.15, 0.2) is 0 Å². The minimum absolute atomic E-state index is 0.170. The van der Waals surface area contributed by atoms with Crippen molar-refractivity contribution in [1.82, 2.24) is 15.8 Å². The standard InChI is InChI=1S/C6H15N3O.C2H6/c1-4-5-9(3)8-6(10)7-2;1-2/h4-5H2,1-3H3,(H2,7,8,10);1-2H3. The Morgan fingerprint density at radius 3 is 2.25 bits per heavy atom. The summed E-state index contributed by atoms with van der Waals surface area (Å²) in [6.07, 6.45) is 1.03. The highest BCUT2D eigenvalue weighted by Gasteiger charge is 1.98. The molecule has 0 aliphatic rings. The van der Waals surface area contributed by atoms with Crippen LogP contribution in [0.4, 0.5) is 4.79 Å². The minimum Gasteiger partial charge on any atom is -0.340 e. The van der Waals surface area contributed by atoms with Crippen molar-refractivity contribution in [3.63, 3.8) is 0 Å². The highest BCUT2D eigenvalue weighted by molar-refractivity contribution is 5.72. The molecule has 0 spiro atoms. The van der Waals surface area contributed by atoms with Gasteiger partial charge < -0.3 is 5.32 Å². The SMILES string of the molecule is CC.CCCN(C)NC(=O)NC. The summed E-state index contributed by atoms with van der Waals surface area (Å²) in [5.41, 5.74) is 2.61. The summed E-state index contributed by atoms with van der Waals surface area (Å²) in [5, 5.41) is 4.21. The van der Waals surface area contributed by atoms with E-state index in [9.17, 15) is 4.79 Å². The van der Waals surface area contributed by atoms with Crippen LogP contribution in [0, 0.1) is 0 Å². The molecule has 0 fully saturated rings. The summed E-state index contributed by atoms with van der Waals surface area (Å²) in [4.78, 5) is 10.6. The number of hydrazine groups is 1. The molecule has 0 rings (SSSR count). The van der Waals surface area contributed by atoms with E-state index in [4.69, 9.17) is 0 Å². The molecular weight excluding hydrogens is 154 g/mol. The molecule has 0 bridgehead atoms. The van der Waals surface area contributed by atoms with Crippen molar-refractivity contribution in [1.29, 1.82) is 0 Å². The van der Waals surface area contributed by atoms with Crippen LogP contribution in [0.2, 0.25) is 0 Å². The zero-order valence-electron chi connectivity index (χ0n) is 8.77. The van der Waals surface area contributed by atoms with Gasteiger partial charge in [-0.3, -0.25) is 5.43 Å². The quantitative estimate of drug-likeness (QED) is 0.633. The van der Waals surface area contributed by atoms with Gasteiger partial charge >= 0.3 is 6.03 Å². The lowest BCUT2D eigenvalue weighted by Gasteiger charge is -2.15. The van der Waals surface area contributed by atoms with Crippen LogP contribution < -0.4 is 10.7 Å². The van der Waals surface area contributed by atoms with Crippen molar-refractivity contribution in [2.45, 2.75) is 27.2 Å². The molecule has 0 heterocycles. The first kappa shape index (κ1) is 13.8. The van der Waals surface area contributed by atoms with E-state index in [0.717, 1.165) is 13.0 Å². The van der Waals surface area contributed by atoms with Gasteiger partial charge in [0.1, 0.15) is 0 Å². The molecule has 2 amide bonds. The molecule has 0 aromatic carbocycles. The molecule has 0 aromatic heterocycles. The molecule has 0 aliphatic heterocycles. The van der Waals surface area contributed by atoms with Gasteiger partial charge in [-0.25, -0.2) is 9.80 Å². The van der Waals surface area contributed by atoms with Gasteiger partial charge in [-0.15, -0.1) is 0 Å². The number of carbonyl (C=O) groups is 1. The van der Waals surface area contributed by atoms with Crippen LogP contribution in [0.15, 0.2) is 0 Å². The van der Waals surface area contributed by atoms with E-state index in [-0.39, 0.29) is 6.03 Å². The third kappa shape index (κ3) is 9.23. The number of hydrogen-bond donors (Lipinski definition) is 2. The number of rotatable bonds is 3. The van der Waals surface area contributed by atoms with E-state index in [1.165, 1.54) is 0 Å². The molecule has 0 unspecified atom stereocenters. The van der Waals surface area contributed by atoms with E-state index in [2.05, 4.69) is 17.7 Å². The fraction of sp³-hybridized carbons (Fsp3) is 0.875. The third-order valence-corrected chi connectivity index (χ3v) is 1.08. The van der Waals surface area contributed by atoms with E-state index in [1.54, 1.807) is 12.1 Å². The van der Waals surface area contributed by atoms with E-state index in [0.29, 0.717) is 0 Å². The highest BCUT2D eigenvalue weighted by Crippen LogP contribution is 1.79. The first-order valence-corrected chi connectivity index (χ1v) is 4.40. The van der Waals surface area contributed by atoms with Gasteiger partial charge in [0, 0.05) is 20.6 Å². The van der Waals surface area contributed by atoms with Gasteiger partial charge in [0.2, 0.25) is 0 Å². The van der Waals surface area contributed by atoms with Crippen LogP contribution in [0.1, 0.15) is 27.2 Å². The molecular formula is C8H21N3O. The van der Waals surface area contributed by atoms with Crippen molar-refractivity contribution >= 4 is 6.03 Å². The Balaban J connectivity index is 0. The number of urea groups is 1. The van der Waals surface area contributed by atoms with Gasteiger partial charge in [-0.1, -0.05) is 20.8 Å². The lowest BCUT2D eigenvalue weighted by molar-refractivity contribution is 0.200. The summed E-state index contributed by atoms with van der Waals surface area (Å²) in [5.74, 6) is 0. The fourth-order valence-electron chi connectivity index (χ4n) is 0.621. The predicted molar refractivity (Wildman–Crippen MR) is 51.9 cm³/mol. The topological polar surface area (TPSA) is 44.4 Å². The molecule has 0 atom stereocenters. The molecule has 0 aliphatic carbocycles. The maximum Gasteiger partial charge on any atom is 0.329 e. The Morgan fingerprint density at radius 2 is 1.92 bits per heavy atom. The van der Waals surface area contributed by atoms with E-state index < -0.39 is 0 Å². The Kier molecular flexibility index (Phi) is 11.8. The van der Waals surface area contributed by atoms with Crippen LogP contribution in [0.25, 0.3) is 0 Å². The lowest BCUT2D eigenvalue weighted by atomic mass is 10.5. The molecule has 4 heteroatoms. The predicted octanol–water partition coefficient (Wildman–Crippen LogP) is 1.20. The van der Waals surface area contributed by atoms with Gasteiger partial charge in [0.25, 0.3) is 0 Å². The fourth-order valence-corrected chi connectivity index (χ4v) is 0.621. The maximum absolute atomic E-state index is 10.6. The molecule has 0 aromatic rings. The second kappa shape index (κ2) is 10.2. The highest BCUT2D eigenvalue weighted by atomic mass is 16.2. The van der Waals surface area contributed by atoms with Crippen molar-refractivity contribution in [2.75, 3.05) is 20.6 Å². The Morgan fingerprint density at radius 1 is 1.42 bits per heavy atom. The monoisotopic (exact) mass is 175 g/mol. The summed E-state index contributed by atoms with van der Waals surface area (Å²) in [7, 11) is 3.42. The van der Waals surface area contributed by atoms with Gasteiger partial charge in [-0.05, 0) is 6.42 Å². The number of amides is 2. The molecule has 0 saturated heterocycles. The molecule has 0 radical (unpaired) electrons. The van der Waals surface area contributed by atoms with Crippen LogP contribution >= 0.6 is 0 Å². The third-order valence-electron chi connectivity index (χ3n) is 1.08. The first-order chi connectivity index (χ1) is 5.70. The van der Waals surface area contributed by atoms with Crippen LogP contribution in [0.3, 0.4) is 0 Å². The average Bonchev–Trinajstić information content (AvgIpc) is 2.08. The van der Waals surface area contributed by atoms with Gasteiger partial charge in [-0.2, -0.15) is 0 Å². The van der Waals surface area contributed by atoms with Crippen LogP contribution in [0.5, 0.6) is 0 Å². The second-order valence-electron chi connectivity index (χ2n) is 2.11. The van der Waals surface area contributed by atoms with E-state index >= 15 is 0 Å². The van der Waals surface area contributed by atoms with Crippen molar-refractivity contribution in [3.8, 4) is 0 Å². The molecule has 4 nitrogen and oxygen atoms in total. The molecule has 74 valence electrons. The molecule has 2 N–H and O–H groups in total. The normalized spacial score (nSPS) is 8.50. The van der Waals surface area contributed by atoms with Crippen molar-refractivity contribution in [3.05, 3.63) is 0 Å². The first-order valence-electron chi connectivity index (χ1n) is 4.40. The summed E-state index contributed by atoms with van der Waals surface area (Å²) >= 11 is 0. The average molecular weight is 175 g/mol. The number of nitrogens with one attached hydrogen (secondary N) is 2. The van der Waals surface area contributed by atoms with Crippen molar-refractivity contribution < 1.29 is 4.79 Å². The Labute approximate surface area is 75.3 Å². The van der Waals surface area contributed by atoms with E-state index in [1.807, 2.05) is 20.9 Å². The summed E-state index contributed by atoms with van der Waals surface area (Å²) in [6.45, 7) is 6.93. The smallest absolute Gasteiger partial charge is 0.329 e. The second-order valence-corrected chi connectivity index (χ2v) is 2.11. The summed E-state index contributed by atoms with van der Waals surface area (Å²) < 4.78 is 0. The molecule has 12 heavy (non-hydrogen) atoms. The zero-order valence-corrected chi connectivity index (χ0v) is 8.77. The zero-order chi connectivity index (χ0) is 9.98. The number of nitrogens with zero attached hydrogens (tertiary/aromatic N) is 1. The van der Waals surface area contributed by atoms with Crippen LogP contribution in [-0.2, 0) is 0 Å². The maximum atomic E-state index is 10.6. The number of carbonyl (C=O) groups excluding carboxylic acids is 1. The van der Waals surface area contributed by atoms with Crippen molar-refractivity contribution in [2.24, 2.45) is 0 Å². The Bertz CT molecular complexity index is 106. The minimum atomic E-state index is -0.170. The summed E-state index contributed by atoms with van der Waals surface area (Å²) in [6, 6.07) is -0.170.